The number of amides is 1. The van der Waals surface area contributed by atoms with Crippen LogP contribution >= 0.6 is 11.3 Å². The SMILES string of the molecule is CCC(=O)c1ccc(N2CCCN(c3ccnc4sc(CC(N)=O)c(N)c34)CC2)cc1. The Bertz CT molecular complexity index is 1110. The molecule has 162 valence electrons. The lowest BCUT2D eigenvalue weighted by Crippen LogP contribution is -2.30. The van der Waals surface area contributed by atoms with Gasteiger partial charge in [0.2, 0.25) is 5.91 Å². The molecule has 4 N–H and O–H groups in total. The van der Waals surface area contributed by atoms with Gasteiger partial charge in [-0.15, -0.1) is 11.3 Å². The van der Waals surface area contributed by atoms with Gasteiger partial charge in [0.25, 0.3) is 0 Å². The summed E-state index contributed by atoms with van der Waals surface area (Å²) in [4.78, 5) is 34.1. The van der Waals surface area contributed by atoms with E-state index in [1.165, 1.54) is 11.3 Å². The summed E-state index contributed by atoms with van der Waals surface area (Å²) in [6.07, 6.45) is 3.45. The van der Waals surface area contributed by atoms with Crippen LogP contribution in [0.1, 0.15) is 35.0 Å². The molecule has 3 heterocycles. The van der Waals surface area contributed by atoms with Gasteiger partial charge in [-0.3, -0.25) is 9.59 Å². The Morgan fingerprint density at radius 3 is 2.48 bits per heavy atom. The molecule has 1 fully saturated rings. The summed E-state index contributed by atoms with van der Waals surface area (Å²) in [5, 5.41) is 0.916. The summed E-state index contributed by atoms with van der Waals surface area (Å²) in [7, 11) is 0. The third kappa shape index (κ3) is 4.34. The lowest BCUT2D eigenvalue weighted by molar-refractivity contribution is -0.117. The predicted molar refractivity (Wildman–Crippen MR) is 127 cm³/mol. The number of hydrogen-bond acceptors (Lipinski definition) is 7. The number of benzene rings is 1. The average molecular weight is 438 g/mol. The minimum atomic E-state index is -0.392. The Hall–Kier alpha value is -3.13. The summed E-state index contributed by atoms with van der Waals surface area (Å²) >= 11 is 1.44. The maximum atomic E-state index is 11.9. The van der Waals surface area contributed by atoms with Crippen LogP contribution < -0.4 is 21.3 Å². The van der Waals surface area contributed by atoms with Gasteiger partial charge in [-0.05, 0) is 36.8 Å². The Morgan fingerprint density at radius 2 is 1.77 bits per heavy atom. The lowest BCUT2D eigenvalue weighted by Gasteiger charge is -2.25. The molecule has 1 saturated heterocycles. The molecule has 2 aromatic heterocycles. The third-order valence-corrected chi connectivity index (χ3v) is 6.84. The number of Topliss-reactive ketones (excluding diaryl/α,β-unsaturated/α-hetero) is 1. The highest BCUT2D eigenvalue weighted by Gasteiger charge is 2.21. The summed E-state index contributed by atoms with van der Waals surface area (Å²) in [6.45, 7) is 5.44. The number of anilines is 3. The molecule has 1 aromatic carbocycles. The van der Waals surface area contributed by atoms with Crippen LogP contribution in [0.2, 0.25) is 0 Å². The summed E-state index contributed by atoms with van der Waals surface area (Å²) in [5.74, 6) is -0.226. The van der Waals surface area contributed by atoms with Crippen LogP contribution in [0.25, 0.3) is 10.2 Å². The van der Waals surface area contributed by atoms with Gasteiger partial charge >= 0.3 is 0 Å². The van der Waals surface area contributed by atoms with E-state index in [0.29, 0.717) is 12.1 Å². The zero-order chi connectivity index (χ0) is 22.0. The van der Waals surface area contributed by atoms with Crippen molar-refractivity contribution in [3.8, 4) is 0 Å². The van der Waals surface area contributed by atoms with E-state index in [0.717, 1.165) is 64.6 Å². The minimum absolute atomic E-state index is 0.136. The van der Waals surface area contributed by atoms with Gasteiger partial charge in [0.1, 0.15) is 4.83 Å². The molecule has 1 aliphatic rings. The Morgan fingerprint density at radius 1 is 1.06 bits per heavy atom. The van der Waals surface area contributed by atoms with E-state index in [1.807, 2.05) is 37.3 Å². The fourth-order valence-corrected chi connectivity index (χ4v) is 5.20. The van der Waals surface area contributed by atoms with Crippen LogP contribution in [0.3, 0.4) is 0 Å². The maximum absolute atomic E-state index is 11.9. The molecule has 0 spiro atoms. The molecule has 0 radical (unpaired) electrons. The first kappa shape index (κ1) is 21.1. The zero-order valence-corrected chi connectivity index (χ0v) is 18.5. The van der Waals surface area contributed by atoms with E-state index in [-0.39, 0.29) is 12.2 Å². The van der Waals surface area contributed by atoms with Gasteiger partial charge in [-0.1, -0.05) is 6.92 Å². The van der Waals surface area contributed by atoms with Crippen LogP contribution in [0.5, 0.6) is 0 Å². The number of aromatic nitrogens is 1. The lowest BCUT2D eigenvalue weighted by atomic mass is 10.1. The van der Waals surface area contributed by atoms with Gasteiger partial charge in [0, 0.05) is 54.9 Å². The van der Waals surface area contributed by atoms with E-state index >= 15 is 0 Å². The summed E-state index contributed by atoms with van der Waals surface area (Å²) in [5.41, 5.74) is 15.3. The largest absolute Gasteiger partial charge is 0.397 e. The number of nitrogen functional groups attached to an aromatic ring is 1. The van der Waals surface area contributed by atoms with E-state index in [1.54, 1.807) is 6.20 Å². The molecule has 0 unspecified atom stereocenters. The molecule has 0 saturated carbocycles. The number of carbonyl (C=O) groups is 2. The van der Waals surface area contributed by atoms with Gasteiger partial charge in [-0.2, -0.15) is 0 Å². The van der Waals surface area contributed by atoms with Crippen molar-refractivity contribution in [2.75, 3.05) is 41.7 Å². The highest BCUT2D eigenvalue weighted by molar-refractivity contribution is 7.19. The van der Waals surface area contributed by atoms with Crippen molar-refractivity contribution < 1.29 is 9.59 Å². The minimum Gasteiger partial charge on any atom is -0.397 e. The highest BCUT2D eigenvalue weighted by atomic mass is 32.1. The molecule has 31 heavy (non-hydrogen) atoms. The van der Waals surface area contributed by atoms with Crippen LogP contribution in [0.15, 0.2) is 36.5 Å². The first-order chi connectivity index (χ1) is 15.0. The number of primary amides is 1. The molecule has 4 rings (SSSR count). The third-order valence-electron chi connectivity index (χ3n) is 5.73. The normalized spacial score (nSPS) is 14.6. The number of nitrogens with two attached hydrogens (primary N) is 2. The number of thiophene rings is 1. The van der Waals surface area contributed by atoms with E-state index in [9.17, 15) is 9.59 Å². The second-order valence-electron chi connectivity index (χ2n) is 7.74. The number of hydrogen-bond donors (Lipinski definition) is 2. The van der Waals surface area contributed by atoms with Gasteiger partial charge in [0.15, 0.2) is 5.78 Å². The molecular weight excluding hydrogens is 410 g/mol. The Kier molecular flexibility index (Phi) is 6.08. The number of fused-ring (bicyclic) bond motifs is 1. The topological polar surface area (TPSA) is 106 Å². The quantitative estimate of drug-likeness (QED) is 0.574. The summed E-state index contributed by atoms with van der Waals surface area (Å²) < 4.78 is 0. The fourth-order valence-electron chi connectivity index (χ4n) is 4.11. The number of nitrogens with zero attached hydrogens (tertiary/aromatic N) is 3. The first-order valence-electron chi connectivity index (χ1n) is 10.5. The fraction of sp³-hybridized carbons (Fsp3) is 0.348. The molecule has 1 amide bonds. The zero-order valence-electron chi connectivity index (χ0n) is 17.6. The van der Waals surface area contributed by atoms with Crippen molar-refractivity contribution in [3.05, 3.63) is 47.0 Å². The smallest absolute Gasteiger partial charge is 0.222 e. The van der Waals surface area contributed by atoms with Gasteiger partial charge in [0.05, 0.1) is 23.2 Å². The molecule has 0 atom stereocenters. The van der Waals surface area contributed by atoms with Crippen molar-refractivity contribution in [1.29, 1.82) is 0 Å². The summed E-state index contributed by atoms with van der Waals surface area (Å²) in [6, 6.07) is 9.91. The van der Waals surface area contributed by atoms with Crippen molar-refractivity contribution in [1.82, 2.24) is 4.98 Å². The molecule has 3 aromatic rings. The van der Waals surface area contributed by atoms with E-state index < -0.39 is 5.91 Å². The maximum Gasteiger partial charge on any atom is 0.222 e. The van der Waals surface area contributed by atoms with Gasteiger partial charge < -0.3 is 21.3 Å². The van der Waals surface area contributed by atoms with Crippen LogP contribution in [0, 0.1) is 0 Å². The number of ketones is 1. The molecule has 7 nitrogen and oxygen atoms in total. The van der Waals surface area contributed by atoms with Crippen LogP contribution in [-0.4, -0.2) is 42.9 Å². The predicted octanol–water partition coefficient (Wildman–Crippen LogP) is 3.22. The standard InChI is InChI=1S/C23H27N5O2S/c1-2-18(29)15-4-6-16(7-5-15)27-10-3-11-28(13-12-27)17-8-9-26-23-21(17)22(25)19(31-23)14-20(24)30/h4-9H,2-3,10-14,25H2,1H3,(H2,24,30). The second kappa shape index (κ2) is 8.93. The molecule has 0 bridgehead atoms. The molecule has 1 aliphatic heterocycles. The molecule has 0 aliphatic carbocycles. The Balaban J connectivity index is 1.55. The van der Waals surface area contributed by atoms with Crippen molar-refractivity contribution >= 4 is 50.3 Å². The average Bonchev–Trinajstić information content (AvgIpc) is 2.94. The van der Waals surface area contributed by atoms with Crippen LogP contribution in [-0.2, 0) is 11.2 Å². The van der Waals surface area contributed by atoms with Crippen molar-refractivity contribution in [2.24, 2.45) is 5.73 Å². The second-order valence-corrected chi connectivity index (χ2v) is 8.83. The Labute approximate surface area is 185 Å². The van der Waals surface area contributed by atoms with E-state index in [2.05, 4.69) is 14.8 Å². The van der Waals surface area contributed by atoms with E-state index in [4.69, 9.17) is 11.5 Å². The highest BCUT2D eigenvalue weighted by Crippen LogP contribution is 2.39. The number of pyridine rings is 1. The first-order valence-corrected chi connectivity index (χ1v) is 11.4. The van der Waals surface area contributed by atoms with Gasteiger partial charge in [-0.25, -0.2) is 4.98 Å². The number of carbonyl (C=O) groups excluding carboxylic acids is 2. The van der Waals surface area contributed by atoms with Crippen molar-refractivity contribution in [3.63, 3.8) is 0 Å². The molecular formula is C23H27N5O2S. The van der Waals surface area contributed by atoms with Crippen molar-refractivity contribution in [2.45, 2.75) is 26.2 Å². The monoisotopic (exact) mass is 437 g/mol. The number of rotatable bonds is 6. The molecule has 8 heteroatoms. The van der Waals surface area contributed by atoms with Crippen LogP contribution in [0.4, 0.5) is 17.1 Å².